The Morgan fingerprint density at radius 2 is 1.92 bits per heavy atom. The lowest BCUT2D eigenvalue weighted by Gasteiger charge is -2.16. The van der Waals surface area contributed by atoms with Crippen molar-refractivity contribution in [2.75, 3.05) is 11.9 Å². The highest BCUT2D eigenvalue weighted by molar-refractivity contribution is 6.31. The Balaban J connectivity index is 1.49. The van der Waals surface area contributed by atoms with E-state index in [0.29, 0.717) is 34.8 Å². The number of amides is 2. The number of rotatable bonds is 5. The maximum atomic E-state index is 12.7. The number of para-hydroxylation sites is 1. The summed E-state index contributed by atoms with van der Waals surface area (Å²) in [7, 11) is 0. The van der Waals surface area contributed by atoms with Gasteiger partial charge in [0, 0.05) is 24.0 Å². The number of hydrogen-bond acceptors (Lipinski definition) is 3. The number of halogens is 1. The van der Waals surface area contributed by atoms with Gasteiger partial charge in [-0.3, -0.25) is 9.59 Å². The summed E-state index contributed by atoms with van der Waals surface area (Å²) in [5, 5.41) is 3.39. The molecule has 134 valence electrons. The third-order valence-corrected chi connectivity index (χ3v) is 4.92. The van der Waals surface area contributed by atoms with Gasteiger partial charge >= 0.3 is 0 Å². The van der Waals surface area contributed by atoms with Gasteiger partial charge in [0.05, 0.1) is 11.6 Å². The number of likely N-dealkylation sites (tertiary alicyclic amines) is 1. The van der Waals surface area contributed by atoms with E-state index in [1.54, 1.807) is 18.2 Å². The van der Waals surface area contributed by atoms with Gasteiger partial charge in [-0.1, -0.05) is 29.8 Å². The molecule has 1 heterocycles. The van der Waals surface area contributed by atoms with Gasteiger partial charge < -0.3 is 15.0 Å². The van der Waals surface area contributed by atoms with E-state index in [0.717, 1.165) is 12.8 Å². The van der Waals surface area contributed by atoms with E-state index in [1.165, 1.54) is 0 Å². The highest BCUT2D eigenvalue weighted by Gasteiger charge is 2.41. The summed E-state index contributed by atoms with van der Waals surface area (Å²) in [6.07, 6.45) is 2.35. The summed E-state index contributed by atoms with van der Waals surface area (Å²) in [4.78, 5) is 26.6. The molecule has 6 heteroatoms. The van der Waals surface area contributed by atoms with E-state index in [-0.39, 0.29) is 24.2 Å². The summed E-state index contributed by atoms with van der Waals surface area (Å²) in [6, 6.07) is 14.8. The molecule has 0 aromatic heterocycles. The highest BCUT2D eigenvalue weighted by Crippen LogP contribution is 2.35. The first-order chi connectivity index (χ1) is 12.6. The normalized spacial score (nSPS) is 19.5. The van der Waals surface area contributed by atoms with Gasteiger partial charge in [0.1, 0.15) is 5.75 Å². The number of carbonyl (C=O) groups excluding carboxylic acids is 2. The Bertz CT molecular complexity index is 836. The number of hydrogen-bond donors (Lipinski definition) is 1. The van der Waals surface area contributed by atoms with Crippen LogP contribution in [0.3, 0.4) is 0 Å². The van der Waals surface area contributed by atoms with Crippen LogP contribution in [0.2, 0.25) is 5.02 Å². The number of carbonyl (C=O) groups is 2. The Morgan fingerprint density at radius 1 is 1.15 bits per heavy atom. The Kier molecular flexibility index (Phi) is 4.55. The van der Waals surface area contributed by atoms with Gasteiger partial charge in [-0.2, -0.15) is 0 Å². The fourth-order valence-electron chi connectivity index (χ4n) is 3.19. The number of benzene rings is 2. The van der Waals surface area contributed by atoms with Gasteiger partial charge in [-0.05, 0) is 43.2 Å². The van der Waals surface area contributed by atoms with E-state index >= 15 is 0 Å². The van der Waals surface area contributed by atoms with Crippen LogP contribution in [-0.4, -0.2) is 29.3 Å². The van der Waals surface area contributed by atoms with Gasteiger partial charge in [0.25, 0.3) is 0 Å². The Labute approximate surface area is 156 Å². The number of ether oxygens (including phenoxy) is 1. The average molecular weight is 371 g/mol. The summed E-state index contributed by atoms with van der Waals surface area (Å²) in [6.45, 7) is 0.491. The quantitative estimate of drug-likeness (QED) is 0.862. The van der Waals surface area contributed by atoms with E-state index in [1.807, 2.05) is 35.2 Å². The van der Waals surface area contributed by atoms with Crippen LogP contribution in [-0.2, 0) is 9.59 Å². The first-order valence-electron chi connectivity index (χ1n) is 8.73. The first-order valence-corrected chi connectivity index (χ1v) is 9.11. The molecule has 5 nitrogen and oxygen atoms in total. The largest absolute Gasteiger partial charge is 0.455 e. The van der Waals surface area contributed by atoms with Gasteiger partial charge in [-0.25, -0.2) is 0 Å². The molecule has 0 radical (unpaired) electrons. The zero-order valence-electron chi connectivity index (χ0n) is 14.2. The SMILES string of the molecule is O=C(Nc1cc(Cl)ccc1Oc1ccccc1)C1CC(=O)N(C2CC2)C1. The van der Waals surface area contributed by atoms with Crippen LogP contribution in [0.15, 0.2) is 48.5 Å². The lowest BCUT2D eigenvalue weighted by Crippen LogP contribution is -2.29. The first kappa shape index (κ1) is 16.9. The average Bonchev–Trinajstić information content (AvgIpc) is 3.40. The van der Waals surface area contributed by atoms with Crippen molar-refractivity contribution >= 4 is 29.1 Å². The third-order valence-electron chi connectivity index (χ3n) is 4.69. The molecule has 0 spiro atoms. The molecular formula is C20H19ClN2O3. The molecule has 2 aliphatic rings. The smallest absolute Gasteiger partial charge is 0.229 e. The molecule has 26 heavy (non-hydrogen) atoms. The van der Waals surface area contributed by atoms with Crippen molar-refractivity contribution in [2.45, 2.75) is 25.3 Å². The predicted octanol–water partition coefficient (Wildman–Crippen LogP) is 4.08. The minimum absolute atomic E-state index is 0.0690. The summed E-state index contributed by atoms with van der Waals surface area (Å²) in [5.41, 5.74) is 0.503. The molecular weight excluding hydrogens is 352 g/mol. The lowest BCUT2D eigenvalue weighted by molar-refractivity contribution is -0.128. The molecule has 2 fully saturated rings. The van der Waals surface area contributed by atoms with Crippen molar-refractivity contribution < 1.29 is 14.3 Å². The zero-order chi connectivity index (χ0) is 18.1. The van der Waals surface area contributed by atoms with E-state index in [9.17, 15) is 9.59 Å². The van der Waals surface area contributed by atoms with Crippen molar-refractivity contribution in [2.24, 2.45) is 5.92 Å². The standard InChI is InChI=1S/C20H19ClN2O3/c21-14-6-9-18(26-16-4-2-1-3-5-16)17(11-14)22-20(25)13-10-19(24)23(12-13)15-7-8-15/h1-6,9,11,13,15H,7-8,10,12H2,(H,22,25). The van der Waals surface area contributed by atoms with Crippen molar-refractivity contribution in [3.63, 3.8) is 0 Å². The fourth-order valence-corrected chi connectivity index (χ4v) is 3.36. The lowest BCUT2D eigenvalue weighted by atomic mass is 10.1. The molecule has 4 rings (SSSR count). The van der Waals surface area contributed by atoms with E-state index in [4.69, 9.17) is 16.3 Å². The minimum atomic E-state index is -0.341. The van der Waals surface area contributed by atoms with Crippen LogP contribution < -0.4 is 10.1 Å². The van der Waals surface area contributed by atoms with Crippen LogP contribution in [0.5, 0.6) is 11.5 Å². The second-order valence-electron chi connectivity index (χ2n) is 6.72. The fraction of sp³-hybridized carbons (Fsp3) is 0.300. The van der Waals surface area contributed by atoms with Crippen LogP contribution >= 0.6 is 11.6 Å². The number of anilines is 1. The molecule has 2 amide bonds. The summed E-state index contributed by atoms with van der Waals surface area (Å²) < 4.78 is 5.87. The van der Waals surface area contributed by atoms with E-state index < -0.39 is 0 Å². The minimum Gasteiger partial charge on any atom is -0.455 e. The van der Waals surface area contributed by atoms with Gasteiger partial charge in [0.15, 0.2) is 5.75 Å². The number of nitrogens with one attached hydrogen (secondary N) is 1. The molecule has 1 saturated carbocycles. The Morgan fingerprint density at radius 3 is 2.65 bits per heavy atom. The van der Waals surface area contributed by atoms with Gasteiger partial charge in [-0.15, -0.1) is 0 Å². The topological polar surface area (TPSA) is 58.6 Å². The second kappa shape index (κ2) is 7.00. The molecule has 1 atom stereocenters. The zero-order valence-corrected chi connectivity index (χ0v) is 14.9. The van der Waals surface area contributed by atoms with Crippen molar-refractivity contribution in [1.82, 2.24) is 4.90 Å². The molecule has 2 aromatic carbocycles. The molecule has 1 saturated heterocycles. The molecule has 1 aliphatic carbocycles. The molecule has 1 N–H and O–H groups in total. The molecule has 2 aromatic rings. The van der Waals surface area contributed by atoms with Gasteiger partial charge in [0.2, 0.25) is 11.8 Å². The highest BCUT2D eigenvalue weighted by atomic mass is 35.5. The van der Waals surface area contributed by atoms with Crippen molar-refractivity contribution in [3.05, 3.63) is 53.6 Å². The Hall–Kier alpha value is -2.53. The van der Waals surface area contributed by atoms with Crippen LogP contribution in [0, 0.1) is 5.92 Å². The van der Waals surface area contributed by atoms with Crippen molar-refractivity contribution in [3.8, 4) is 11.5 Å². The number of nitrogens with zero attached hydrogens (tertiary/aromatic N) is 1. The maximum absolute atomic E-state index is 12.7. The van der Waals surface area contributed by atoms with Crippen LogP contribution in [0.1, 0.15) is 19.3 Å². The van der Waals surface area contributed by atoms with E-state index in [2.05, 4.69) is 5.32 Å². The van der Waals surface area contributed by atoms with Crippen LogP contribution in [0.25, 0.3) is 0 Å². The molecule has 1 aliphatic heterocycles. The third kappa shape index (κ3) is 3.68. The summed E-state index contributed by atoms with van der Waals surface area (Å²) in [5.74, 6) is 0.728. The predicted molar refractivity (Wildman–Crippen MR) is 99.4 cm³/mol. The molecule has 0 bridgehead atoms. The molecule has 1 unspecified atom stereocenters. The monoisotopic (exact) mass is 370 g/mol. The maximum Gasteiger partial charge on any atom is 0.229 e. The second-order valence-corrected chi connectivity index (χ2v) is 7.16. The van der Waals surface area contributed by atoms with Crippen LogP contribution in [0.4, 0.5) is 5.69 Å². The summed E-state index contributed by atoms with van der Waals surface area (Å²) >= 11 is 6.09. The van der Waals surface area contributed by atoms with Crippen molar-refractivity contribution in [1.29, 1.82) is 0 Å².